The van der Waals surface area contributed by atoms with Gasteiger partial charge in [0.05, 0.1) is 11.4 Å². The summed E-state index contributed by atoms with van der Waals surface area (Å²) >= 11 is 14.9. The van der Waals surface area contributed by atoms with Gasteiger partial charge in [0, 0.05) is 38.4 Å². The number of phenols is 1. The molecule has 0 bridgehead atoms. The lowest BCUT2D eigenvalue weighted by molar-refractivity contribution is 0.473. The van der Waals surface area contributed by atoms with Gasteiger partial charge in [-0.15, -0.1) is 25.3 Å². The largest absolute Gasteiger partial charge is 0.507 e. The summed E-state index contributed by atoms with van der Waals surface area (Å²) in [4.78, 5) is 10.2. The molecule has 130 valence electrons. The lowest BCUT2D eigenvalue weighted by Crippen LogP contribution is -1.90. The minimum Gasteiger partial charge on any atom is -0.507 e. The molecule has 0 saturated heterocycles. The van der Waals surface area contributed by atoms with Gasteiger partial charge in [-0.25, -0.2) is 0 Å². The zero-order valence-electron chi connectivity index (χ0n) is 13.5. The highest BCUT2D eigenvalue weighted by molar-refractivity contribution is 7.80. The molecule has 0 heterocycles. The first-order valence-electron chi connectivity index (χ1n) is 7.71. The minimum absolute atomic E-state index is 0.0511. The second-order valence-electron chi connectivity index (χ2n) is 5.43. The van der Waals surface area contributed by atoms with Gasteiger partial charge in [-0.3, -0.25) is 9.98 Å². The van der Waals surface area contributed by atoms with Gasteiger partial charge in [0.15, 0.2) is 0 Å². The van der Waals surface area contributed by atoms with Crippen LogP contribution >= 0.6 is 36.9 Å². The van der Waals surface area contributed by atoms with Crippen LogP contribution in [0.4, 0.5) is 11.4 Å². The molecule has 3 aromatic rings. The second-order valence-corrected chi connectivity index (χ2v) is 6.83. The summed E-state index contributed by atoms with van der Waals surface area (Å²) in [5.41, 5.74) is 2.40. The fourth-order valence-electron chi connectivity index (χ4n) is 2.26. The van der Waals surface area contributed by atoms with Gasteiger partial charge >= 0.3 is 0 Å². The second kappa shape index (κ2) is 8.45. The van der Waals surface area contributed by atoms with Crippen molar-refractivity contribution in [2.45, 2.75) is 9.79 Å². The van der Waals surface area contributed by atoms with Gasteiger partial charge in [0.25, 0.3) is 0 Å². The van der Waals surface area contributed by atoms with E-state index in [0.717, 1.165) is 9.79 Å². The Labute approximate surface area is 167 Å². The molecule has 0 aliphatic carbocycles. The molecular weight excluding hydrogens is 384 g/mol. The number of aliphatic imine (C=N–C) groups is 2. The van der Waals surface area contributed by atoms with E-state index < -0.39 is 0 Å². The molecule has 3 rings (SSSR count). The third-order valence-corrected chi connectivity index (χ3v) is 4.56. The van der Waals surface area contributed by atoms with E-state index in [4.69, 9.17) is 11.6 Å². The predicted octanol–water partition coefficient (Wildman–Crippen LogP) is 6.12. The first-order chi connectivity index (χ1) is 12.5. The predicted molar refractivity (Wildman–Crippen MR) is 115 cm³/mol. The summed E-state index contributed by atoms with van der Waals surface area (Å²) in [6, 6.07) is 18.2. The molecule has 1 N–H and O–H groups in total. The van der Waals surface area contributed by atoms with Crippen LogP contribution in [0.2, 0.25) is 5.02 Å². The van der Waals surface area contributed by atoms with Crippen LogP contribution in [0.1, 0.15) is 11.1 Å². The van der Waals surface area contributed by atoms with Crippen LogP contribution in [-0.2, 0) is 0 Å². The molecule has 0 spiro atoms. The van der Waals surface area contributed by atoms with Crippen molar-refractivity contribution in [2.24, 2.45) is 9.98 Å². The molecule has 0 aromatic heterocycles. The van der Waals surface area contributed by atoms with E-state index in [1.165, 1.54) is 0 Å². The molecule has 0 atom stereocenters. The summed E-state index contributed by atoms with van der Waals surface area (Å²) in [7, 11) is 0. The van der Waals surface area contributed by atoms with Crippen molar-refractivity contribution < 1.29 is 5.11 Å². The molecule has 0 saturated carbocycles. The maximum Gasteiger partial charge on any atom is 0.133 e. The van der Waals surface area contributed by atoms with E-state index in [0.29, 0.717) is 27.5 Å². The Morgan fingerprint density at radius 3 is 1.62 bits per heavy atom. The zero-order chi connectivity index (χ0) is 18.5. The number of hydrogen-bond donors (Lipinski definition) is 3. The molecule has 0 fully saturated rings. The average molecular weight is 399 g/mol. The number of phenolic OH excluding ortho intramolecular Hbond substituents is 1. The molecule has 0 unspecified atom stereocenters. The van der Waals surface area contributed by atoms with Crippen molar-refractivity contribution >= 4 is 60.7 Å². The third-order valence-electron chi connectivity index (χ3n) is 3.58. The SMILES string of the molecule is Oc1c(C=Nc2ccccc2S)cc(Cl)cc1C=Nc1ccccc1S. The van der Waals surface area contributed by atoms with Crippen LogP contribution in [0.25, 0.3) is 0 Å². The van der Waals surface area contributed by atoms with Crippen LogP contribution in [0, 0.1) is 0 Å². The van der Waals surface area contributed by atoms with E-state index in [-0.39, 0.29) is 5.75 Å². The van der Waals surface area contributed by atoms with E-state index in [1.807, 2.05) is 48.5 Å². The highest BCUT2D eigenvalue weighted by atomic mass is 35.5. The third kappa shape index (κ3) is 4.49. The van der Waals surface area contributed by atoms with E-state index >= 15 is 0 Å². The Kier molecular flexibility index (Phi) is 6.04. The summed E-state index contributed by atoms with van der Waals surface area (Å²) < 4.78 is 0. The van der Waals surface area contributed by atoms with Gasteiger partial charge in [0.1, 0.15) is 5.75 Å². The molecule has 3 nitrogen and oxygen atoms in total. The topological polar surface area (TPSA) is 45.0 Å². The quantitative estimate of drug-likeness (QED) is 0.359. The Morgan fingerprint density at radius 2 is 1.19 bits per heavy atom. The number of thiol groups is 2. The number of rotatable bonds is 4. The first-order valence-corrected chi connectivity index (χ1v) is 8.98. The smallest absolute Gasteiger partial charge is 0.133 e. The van der Waals surface area contributed by atoms with Crippen LogP contribution < -0.4 is 0 Å². The maximum atomic E-state index is 10.5. The van der Waals surface area contributed by atoms with Crippen molar-refractivity contribution in [3.05, 3.63) is 76.8 Å². The van der Waals surface area contributed by atoms with E-state index in [2.05, 4.69) is 35.2 Å². The zero-order valence-corrected chi connectivity index (χ0v) is 16.1. The highest BCUT2D eigenvalue weighted by Crippen LogP contribution is 2.28. The first kappa shape index (κ1) is 18.6. The molecule has 0 amide bonds. The maximum absolute atomic E-state index is 10.5. The fraction of sp³-hybridized carbons (Fsp3) is 0. The summed E-state index contributed by atoms with van der Waals surface area (Å²) in [6.45, 7) is 0. The minimum atomic E-state index is 0.0511. The number of para-hydroxylation sites is 2. The number of aromatic hydroxyl groups is 1. The van der Waals surface area contributed by atoms with Gasteiger partial charge < -0.3 is 5.11 Å². The summed E-state index contributed by atoms with van der Waals surface area (Å²) in [5, 5.41) is 11.0. The fourth-order valence-corrected chi connectivity index (χ4v) is 2.94. The summed E-state index contributed by atoms with van der Waals surface area (Å²) in [5.74, 6) is 0.0511. The normalized spacial score (nSPS) is 11.5. The molecule has 0 aliphatic rings. The molecular formula is C20H15ClN2OS2. The van der Waals surface area contributed by atoms with E-state index in [9.17, 15) is 5.11 Å². The molecule has 26 heavy (non-hydrogen) atoms. The molecule has 0 radical (unpaired) electrons. The number of halogens is 1. The van der Waals surface area contributed by atoms with Gasteiger partial charge in [-0.1, -0.05) is 35.9 Å². The highest BCUT2D eigenvalue weighted by Gasteiger charge is 2.07. The molecule has 6 heteroatoms. The van der Waals surface area contributed by atoms with Gasteiger partial charge in [-0.05, 0) is 36.4 Å². The van der Waals surface area contributed by atoms with Crippen molar-refractivity contribution in [3.63, 3.8) is 0 Å². The Bertz CT molecular complexity index is 926. The van der Waals surface area contributed by atoms with Crippen molar-refractivity contribution in [1.29, 1.82) is 0 Å². The molecule has 3 aromatic carbocycles. The van der Waals surface area contributed by atoms with Crippen LogP contribution in [0.15, 0.2) is 80.4 Å². The van der Waals surface area contributed by atoms with Crippen LogP contribution in [0.3, 0.4) is 0 Å². The van der Waals surface area contributed by atoms with Crippen LogP contribution in [0.5, 0.6) is 5.75 Å². The molecule has 0 aliphatic heterocycles. The average Bonchev–Trinajstić information content (AvgIpc) is 2.63. The standard InChI is InChI=1S/C20H15ClN2OS2/c21-15-9-13(11-22-16-5-1-3-7-18(16)25)20(24)14(10-15)12-23-17-6-2-4-8-19(17)26/h1-12,24-26H. The van der Waals surface area contributed by atoms with Gasteiger partial charge in [-0.2, -0.15) is 0 Å². The Morgan fingerprint density at radius 1 is 0.769 bits per heavy atom. The lowest BCUT2D eigenvalue weighted by Gasteiger charge is -2.05. The Hall–Kier alpha value is -2.21. The van der Waals surface area contributed by atoms with Crippen molar-refractivity contribution in [3.8, 4) is 5.75 Å². The number of hydrogen-bond acceptors (Lipinski definition) is 5. The number of benzene rings is 3. The Balaban J connectivity index is 1.94. The van der Waals surface area contributed by atoms with Gasteiger partial charge in [0.2, 0.25) is 0 Å². The van der Waals surface area contributed by atoms with E-state index in [1.54, 1.807) is 24.6 Å². The van der Waals surface area contributed by atoms with Crippen LogP contribution in [-0.4, -0.2) is 17.5 Å². The van der Waals surface area contributed by atoms with Crippen molar-refractivity contribution in [2.75, 3.05) is 0 Å². The number of nitrogens with zero attached hydrogens (tertiary/aromatic N) is 2. The lowest BCUT2D eigenvalue weighted by atomic mass is 10.1. The summed E-state index contributed by atoms with van der Waals surface area (Å²) in [6.07, 6.45) is 3.11. The van der Waals surface area contributed by atoms with Crippen molar-refractivity contribution in [1.82, 2.24) is 0 Å². The monoisotopic (exact) mass is 398 g/mol.